The number of hydrogen-bond donors (Lipinski definition) is 2. The molecule has 0 aromatic heterocycles. The normalized spacial score (nSPS) is 40.4. The molecule has 1 saturated carbocycles. The Labute approximate surface area is 170 Å². The smallest absolute Gasteiger partial charge is 0.319 e. The summed E-state index contributed by atoms with van der Waals surface area (Å²) in [6.45, 7) is 3.31. The number of fused-ring (bicyclic) bond motifs is 4. The molecule has 0 radical (unpaired) electrons. The lowest BCUT2D eigenvalue weighted by molar-refractivity contribution is -0.168. The molecule has 1 unspecified atom stereocenters. The van der Waals surface area contributed by atoms with Gasteiger partial charge in [-0.15, -0.1) is 0 Å². The van der Waals surface area contributed by atoms with E-state index in [0.717, 1.165) is 13.0 Å². The minimum atomic E-state index is -1.35. The number of hydrogen-bond acceptors (Lipinski definition) is 7. The fraction of sp³-hybridized carbons (Fsp3) is 0.636. The zero-order valence-corrected chi connectivity index (χ0v) is 17.1. The van der Waals surface area contributed by atoms with Gasteiger partial charge in [-0.25, -0.2) is 0 Å². The lowest BCUT2D eigenvalue weighted by atomic mass is 9.54. The molecular weight excluding hydrogens is 372 g/mol. The number of piperidine rings is 2. The first-order valence-corrected chi connectivity index (χ1v) is 10.4. The molecule has 5 aliphatic rings. The topological polar surface area (TPSA) is 91.6 Å². The predicted molar refractivity (Wildman–Crippen MR) is 106 cm³/mol. The van der Waals surface area contributed by atoms with Crippen molar-refractivity contribution in [2.24, 2.45) is 22.2 Å². The monoisotopic (exact) mass is 400 g/mol. The Morgan fingerprint density at radius 3 is 2.86 bits per heavy atom. The maximum Gasteiger partial charge on any atom is 0.319 e. The van der Waals surface area contributed by atoms with Gasteiger partial charge in [0.1, 0.15) is 16.8 Å². The number of aliphatic hydroxyl groups excluding tert-OH is 1. The summed E-state index contributed by atoms with van der Waals surface area (Å²) in [6.07, 6.45) is 1.37. The Hall–Kier alpha value is -1.96. The molecule has 7 heteroatoms. The third-order valence-corrected chi connectivity index (χ3v) is 7.64. The Kier molecular flexibility index (Phi) is 4.11. The van der Waals surface area contributed by atoms with Crippen molar-refractivity contribution in [2.45, 2.75) is 43.9 Å². The second-order valence-corrected chi connectivity index (χ2v) is 9.07. The van der Waals surface area contributed by atoms with Crippen LogP contribution in [0.5, 0.6) is 5.75 Å². The Balaban J connectivity index is 1.74. The summed E-state index contributed by atoms with van der Waals surface area (Å²) in [5.41, 5.74) is -0.554. The lowest BCUT2D eigenvalue weighted by Gasteiger charge is -2.58. The Morgan fingerprint density at radius 2 is 2.17 bits per heavy atom. The second-order valence-electron chi connectivity index (χ2n) is 9.07. The van der Waals surface area contributed by atoms with Gasteiger partial charge >= 0.3 is 5.97 Å². The van der Waals surface area contributed by atoms with Crippen molar-refractivity contribution < 1.29 is 24.5 Å². The highest BCUT2D eigenvalue weighted by Crippen LogP contribution is 2.60. The van der Waals surface area contributed by atoms with Gasteiger partial charge in [0.2, 0.25) is 0 Å². The molecule has 29 heavy (non-hydrogen) atoms. The van der Waals surface area contributed by atoms with Crippen LogP contribution in [0.3, 0.4) is 0 Å². The first-order valence-electron chi connectivity index (χ1n) is 10.4. The van der Waals surface area contributed by atoms with Gasteiger partial charge in [0.25, 0.3) is 0 Å². The predicted octanol–water partition coefficient (Wildman–Crippen LogP) is 1.62. The van der Waals surface area contributed by atoms with Crippen molar-refractivity contribution in [3.8, 4) is 5.75 Å². The molecule has 1 aromatic carbocycles. The van der Waals surface area contributed by atoms with Gasteiger partial charge in [0, 0.05) is 30.6 Å². The first kappa shape index (κ1) is 19.0. The van der Waals surface area contributed by atoms with Gasteiger partial charge in [-0.05, 0) is 50.3 Å². The molecule has 4 fully saturated rings. The van der Waals surface area contributed by atoms with Gasteiger partial charge in [-0.3, -0.25) is 14.7 Å². The summed E-state index contributed by atoms with van der Waals surface area (Å²) < 4.78 is 10.7. The number of aliphatic imine (C=N–C) groups is 1. The zero-order valence-electron chi connectivity index (χ0n) is 17.1. The first-order chi connectivity index (χ1) is 13.8. The number of carbonyl (C=O) groups is 1. The summed E-state index contributed by atoms with van der Waals surface area (Å²) in [5.74, 6) is 0.477. The molecular formula is C22H28N2O5. The van der Waals surface area contributed by atoms with E-state index in [1.165, 1.54) is 7.11 Å². The molecule has 4 heterocycles. The molecule has 156 valence electrons. The van der Waals surface area contributed by atoms with Crippen LogP contribution < -0.4 is 4.74 Å². The number of rotatable bonds is 3. The average Bonchev–Trinajstić information content (AvgIpc) is 3.00. The van der Waals surface area contributed by atoms with E-state index in [1.54, 1.807) is 14.0 Å². The number of esters is 1. The van der Waals surface area contributed by atoms with Crippen molar-refractivity contribution in [1.29, 1.82) is 0 Å². The highest BCUT2D eigenvalue weighted by molar-refractivity contribution is 6.15. The fourth-order valence-corrected chi connectivity index (χ4v) is 6.55. The molecule has 4 bridgehead atoms. The van der Waals surface area contributed by atoms with E-state index < -0.39 is 17.1 Å². The van der Waals surface area contributed by atoms with E-state index in [4.69, 9.17) is 14.5 Å². The molecule has 1 aliphatic carbocycles. The lowest BCUT2D eigenvalue weighted by Crippen LogP contribution is -2.69. The number of aliphatic hydroxyl groups is 2. The summed E-state index contributed by atoms with van der Waals surface area (Å²) in [7, 11) is 2.99. The van der Waals surface area contributed by atoms with Crippen LogP contribution in [-0.2, 0) is 15.1 Å². The molecule has 0 spiro atoms. The van der Waals surface area contributed by atoms with Crippen LogP contribution in [0.1, 0.15) is 31.7 Å². The number of benzene rings is 1. The Morgan fingerprint density at radius 1 is 1.38 bits per heavy atom. The van der Waals surface area contributed by atoms with E-state index in [2.05, 4.69) is 4.90 Å². The molecule has 7 atom stereocenters. The fourth-order valence-electron chi connectivity index (χ4n) is 6.55. The van der Waals surface area contributed by atoms with E-state index in [9.17, 15) is 15.0 Å². The third-order valence-electron chi connectivity index (χ3n) is 7.64. The molecule has 0 amide bonds. The van der Waals surface area contributed by atoms with Gasteiger partial charge in [0.15, 0.2) is 0 Å². The van der Waals surface area contributed by atoms with Crippen molar-refractivity contribution in [2.75, 3.05) is 27.3 Å². The number of ether oxygens (including phenoxy) is 2. The summed E-state index contributed by atoms with van der Waals surface area (Å²) in [6, 6.07) is 5.25. The summed E-state index contributed by atoms with van der Waals surface area (Å²) in [4.78, 5) is 20.6. The van der Waals surface area contributed by atoms with Crippen LogP contribution in [0.2, 0.25) is 0 Å². The van der Waals surface area contributed by atoms with E-state index in [1.807, 2.05) is 18.2 Å². The van der Waals surface area contributed by atoms with Crippen LogP contribution in [-0.4, -0.2) is 66.2 Å². The largest absolute Gasteiger partial charge is 0.497 e. The quantitative estimate of drug-likeness (QED) is 0.750. The van der Waals surface area contributed by atoms with E-state index in [0.29, 0.717) is 42.1 Å². The molecule has 4 aliphatic heterocycles. The minimum Gasteiger partial charge on any atom is -0.497 e. The maximum absolute atomic E-state index is 13.4. The standard InChI is InChI=1S/C22H28N2O5/c1-12(25)15-8-13-10-21(20(26)29-3)18(15)24(11-13)7-6-22(27)16-9-14(28-2)4-5-17(16)23-19(21)22/h4-5,9,12-13,15,18,25,27H,6-8,10-11H2,1-3H3/t12-,13+,15+,18-,21-,22+/m0/s1. The van der Waals surface area contributed by atoms with Crippen LogP contribution in [0.15, 0.2) is 23.2 Å². The van der Waals surface area contributed by atoms with Crippen LogP contribution in [0.4, 0.5) is 5.69 Å². The zero-order chi connectivity index (χ0) is 20.6. The number of carbonyl (C=O) groups excluding carboxylic acids is 1. The SMILES string of the molecule is COC(=O)[C@@]12C[C@H]3C[C@H]([C@H](C)O)[C@@H]1N(CC[C@]1(O)C2=Nc2ccc(OC)cc21)C3. The average molecular weight is 400 g/mol. The highest BCUT2D eigenvalue weighted by atomic mass is 16.5. The van der Waals surface area contributed by atoms with Crippen LogP contribution in [0, 0.1) is 17.3 Å². The molecule has 3 saturated heterocycles. The molecule has 6 rings (SSSR count). The number of nitrogens with zero attached hydrogens (tertiary/aromatic N) is 2. The Bertz CT molecular complexity index is 899. The van der Waals surface area contributed by atoms with E-state index in [-0.39, 0.29) is 23.8 Å². The van der Waals surface area contributed by atoms with Crippen molar-refractivity contribution in [3.05, 3.63) is 23.8 Å². The van der Waals surface area contributed by atoms with Crippen molar-refractivity contribution in [1.82, 2.24) is 4.90 Å². The molecule has 7 nitrogen and oxygen atoms in total. The van der Waals surface area contributed by atoms with Gasteiger partial charge in [-0.2, -0.15) is 0 Å². The van der Waals surface area contributed by atoms with Gasteiger partial charge in [0.05, 0.1) is 31.7 Å². The minimum absolute atomic E-state index is 0.0649. The molecule has 2 N–H and O–H groups in total. The second kappa shape index (κ2) is 6.27. The van der Waals surface area contributed by atoms with Crippen molar-refractivity contribution >= 4 is 17.4 Å². The highest BCUT2D eigenvalue weighted by Gasteiger charge is 2.69. The van der Waals surface area contributed by atoms with Gasteiger partial charge in [-0.1, -0.05) is 0 Å². The van der Waals surface area contributed by atoms with Gasteiger partial charge < -0.3 is 19.7 Å². The summed E-state index contributed by atoms with van der Waals surface area (Å²) in [5, 5.41) is 22.6. The molecule has 1 aromatic rings. The van der Waals surface area contributed by atoms with E-state index >= 15 is 0 Å². The summed E-state index contributed by atoms with van der Waals surface area (Å²) >= 11 is 0. The maximum atomic E-state index is 13.4. The van der Waals surface area contributed by atoms with Crippen molar-refractivity contribution in [3.63, 3.8) is 0 Å². The van der Waals surface area contributed by atoms with Crippen LogP contribution >= 0.6 is 0 Å². The number of methoxy groups -OCH3 is 2. The van der Waals surface area contributed by atoms with Crippen LogP contribution in [0.25, 0.3) is 0 Å². The third kappa shape index (κ3) is 2.35.